The Balaban J connectivity index is 2.24. The smallest absolute Gasteiger partial charge is 0.0750 e. The lowest BCUT2D eigenvalue weighted by molar-refractivity contribution is 0.112. The molecule has 3 nitrogen and oxygen atoms in total. The maximum absolute atomic E-state index is 5.76. The zero-order valence-electron chi connectivity index (χ0n) is 12.4. The van der Waals surface area contributed by atoms with E-state index in [2.05, 4.69) is 48.4 Å². The maximum Gasteiger partial charge on any atom is 0.0750 e. The van der Waals surface area contributed by atoms with Crippen LogP contribution < -0.4 is 5.32 Å². The molecular formula is C17H24N2O. The predicted octanol–water partition coefficient (Wildman–Crippen LogP) is 3.70. The molecule has 0 aliphatic carbocycles. The Morgan fingerprint density at radius 3 is 2.80 bits per heavy atom. The molecule has 20 heavy (non-hydrogen) atoms. The minimum atomic E-state index is 0.208. The number of pyridine rings is 1. The molecule has 1 heterocycles. The van der Waals surface area contributed by atoms with Crippen LogP contribution in [0.1, 0.15) is 38.3 Å². The summed E-state index contributed by atoms with van der Waals surface area (Å²) in [6, 6.07) is 10.7. The molecule has 0 saturated carbocycles. The lowest BCUT2D eigenvalue weighted by Crippen LogP contribution is -2.26. The summed E-state index contributed by atoms with van der Waals surface area (Å²) in [5, 5.41) is 4.76. The van der Waals surface area contributed by atoms with E-state index in [1.165, 1.54) is 10.9 Å². The fourth-order valence-electron chi connectivity index (χ4n) is 2.33. The van der Waals surface area contributed by atoms with Gasteiger partial charge in [0, 0.05) is 18.2 Å². The molecule has 108 valence electrons. The number of rotatable bonds is 8. The molecule has 2 aromatic rings. The topological polar surface area (TPSA) is 34.1 Å². The van der Waals surface area contributed by atoms with E-state index in [0.717, 1.165) is 31.5 Å². The molecule has 3 heteroatoms. The normalized spacial score (nSPS) is 12.7. The molecule has 0 spiro atoms. The number of hydrogen-bond donors (Lipinski definition) is 1. The number of aromatic nitrogens is 1. The minimum absolute atomic E-state index is 0.208. The van der Waals surface area contributed by atoms with Crippen molar-refractivity contribution < 1.29 is 4.74 Å². The Labute approximate surface area is 121 Å². The Kier molecular flexibility index (Phi) is 5.96. The van der Waals surface area contributed by atoms with Crippen LogP contribution in [0.3, 0.4) is 0 Å². The second kappa shape index (κ2) is 7.98. The highest BCUT2D eigenvalue weighted by molar-refractivity contribution is 5.82. The van der Waals surface area contributed by atoms with Crippen molar-refractivity contribution in [2.75, 3.05) is 19.8 Å². The molecule has 0 saturated heterocycles. The van der Waals surface area contributed by atoms with E-state index >= 15 is 0 Å². The number of nitrogens with zero attached hydrogens (tertiary/aromatic N) is 1. The van der Waals surface area contributed by atoms with E-state index in [1.54, 1.807) is 0 Å². The Bertz CT molecular complexity index is 522. The molecule has 1 N–H and O–H groups in total. The second-order valence-electron chi connectivity index (χ2n) is 5.00. The van der Waals surface area contributed by atoms with Crippen molar-refractivity contribution in [3.63, 3.8) is 0 Å². The van der Waals surface area contributed by atoms with Gasteiger partial charge in [-0.05, 0) is 31.0 Å². The highest BCUT2D eigenvalue weighted by atomic mass is 16.5. The van der Waals surface area contributed by atoms with Crippen LogP contribution in [0.5, 0.6) is 0 Å². The summed E-state index contributed by atoms with van der Waals surface area (Å²) >= 11 is 0. The van der Waals surface area contributed by atoms with Gasteiger partial charge in [0.15, 0.2) is 0 Å². The van der Waals surface area contributed by atoms with Gasteiger partial charge in [0.2, 0.25) is 0 Å². The standard InChI is InChI=1S/C17H24N2O/c1-3-10-18-16(13-20-12-4-2)15-9-5-7-14-8-6-11-19-17(14)15/h5-9,11,16,18H,3-4,10,12-13H2,1-2H3. The van der Waals surface area contributed by atoms with Gasteiger partial charge in [-0.15, -0.1) is 0 Å². The summed E-state index contributed by atoms with van der Waals surface area (Å²) in [4.78, 5) is 4.54. The number of para-hydroxylation sites is 1. The van der Waals surface area contributed by atoms with Crippen LogP contribution in [0.15, 0.2) is 36.5 Å². The fraction of sp³-hybridized carbons (Fsp3) is 0.471. The molecule has 1 aromatic heterocycles. The van der Waals surface area contributed by atoms with E-state index in [1.807, 2.05) is 12.3 Å². The molecular weight excluding hydrogens is 248 g/mol. The van der Waals surface area contributed by atoms with Crippen LogP contribution in [-0.2, 0) is 4.74 Å². The molecule has 0 aliphatic heterocycles. The van der Waals surface area contributed by atoms with Crippen molar-refractivity contribution in [2.45, 2.75) is 32.7 Å². The number of ether oxygens (including phenoxy) is 1. The summed E-state index contributed by atoms with van der Waals surface area (Å²) in [7, 11) is 0. The predicted molar refractivity (Wildman–Crippen MR) is 83.9 cm³/mol. The summed E-state index contributed by atoms with van der Waals surface area (Å²) in [5.41, 5.74) is 2.30. The number of hydrogen-bond acceptors (Lipinski definition) is 3. The Hall–Kier alpha value is -1.45. The second-order valence-corrected chi connectivity index (χ2v) is 5.00. The zero-order valence-corrected chi connectivity index (χ0v) is 12.4. The van der Waals surface area contributed by atoms with Crippen molar-refractivity contribution in [2.24, 2.45) is 0 Å². The number of benzene rings is 1. The van der Waals surface area contributed by atoms with Gasteiger partial charge in [-0.3, -0.25) is 4.98 Å². The van der Waals surface area contributed by atoms with Crippen LogP contribution in [0.2, 0.25) is 0 Å². The summed E-state index contributed by atoms with van der Waals surface area (Å²) in [5.74, 6) is 0. The van der Waals surface area contributed by atoms with Crippen molar-refractivity contribution >= 4 is 10.9 Å². The third-order valence-corrected chi connectivity index (χ3v) is 3.31. The van der Waals surface area contributed by atoms with E-state index in [-0.39, 0.29) is 6.04 Å². The van der Waals surface area contributed by atoms with Gasteiger partial charge < -0.3 is 10.1 Å². The largest absolute Gasteiger partial charge is 0.379 e. The van der Waals surface area contributed by atoms with Crippen LogP contribution in [-0.4, -0.2) is 24.7 Å². The highest BCUT2D eigenvalue weighted by Crippen LogP contribution is 2.22. The van der Waals surface area contributed by atoms with E-state index < -0.39 is 0 Å². The number of fused-ring (bicyclic) bond motifs is 1. The maximum atomic E-state index is 5.76. The summed E-state index contributed by atoms with van der Waals surface area (Å²) < 4.78 is 5.76. The van der Waals surface area contributed by atoms with Gasteiger partial charge in [0.25, 0.3) is 0 Å². The van der Waals surface area contributed by atoms with Gasteiger partial charge in [-0.2, -0.15) is 0 Å². The Morgan fingerprint density at radius 2 is 2.00 bits per heavy atom. The SMILES string of the molecule is CCCNC(COCCC)c1cccc2cccnc12. The first-order valence-electron chi connectivity index (χ1n) is 7.51. The molecule has 0 aliphatic rings. The molecule has 2 rings (SSSR count). The van der Waals surface area contributed by atoms with Crippen LogP contribution in [0, 0.1) is 0 Å². The molecule has 1 atom stereocenters. The van der Waals surface area contributed by atoms with Gasteiger partial charge in [0.1, 0.15) is 0 Å². The first kappa shape index (κ1) is 14.9. The average molecular weight is 272 g/mol. The summed E-state index contributed by atoms with van der Waals surface area (Å²) in [6.45, 7) is 6.81. The van der Waals surface area contributed by atoms with Crippen molar-refractivity contribution in [1.82, 2.24) is 10.3 Å². The van der Waals surface area contributed by atoms with Gasteiger partial charge in [0.05, 0.1) is 18.2 Å². The van der Waals surface area contributed by atoms with Gasteiger partial charge >= 0.3 is 0 Å². The first-order valence-corrected chi connectivity index (χ1v) is 7.51. The fourth-order valence-corrected chi connectivity index (χ4v) is 2.33. The van der Waals surface area contributed by atoms with Gasteiger partial charge in [-0.25, -0.2) is 0 Å². The monoisotopic (exact) mass is 272 g/mol. The van der Waals surface area contributed by atoms with Crippen molar-refractivity contribution in [1.29, 1.82) is 0 Å². The lowest BCUT2D eigenvalue weighted by atomic mass is 10.0. The molecule has 0 amide bonds. The minimum Gasteiger partial charge on any atom is -0.379 e. The van der Waals surface area contributed by atoms with E-state index in [4.69, 9.17) is 4.74 Å². The van der Waals surface area contributed by atoms with E-state index in [0.29, 0.717) is 6.61 Å². The van der Waals surface area contributed by atoms with Crippen LogP contribution >= 0.6 is 0 Å². The van der Waals surface area contributed by atoms with Crippen LogP contribution in [0.4, 0.5) is 0 Å². The summed E-state index contributed by atoms with van der Waals surface area (Å²) in [6.07, 6.45) is 4.02. The highest BCUT2D eigenvalue weighted by Gasteiger charge is 2.14. The van der Waals surface area contributed by atoms with E-state index in [9.17, 15) is 0 Å². The molecule has 0 fully saturated rings. The quantitative estimate of drug-likeness (QED) is 0.744. The third kappa shape index (κ3) is 3.78. The molecule has 1 aromatic carbocycles. The molecule has 0 bridgehead atoms. The van der Waals surface area contributed by atoms with Crippen molar-refractivity contribution in [3.05, 3.63) is 42.1 Å². The Morgan fingerprint density at radius 1 is 1.15 bits per heavy atom. The van der Waals surface area contributed by atoms with Crippen molar-refractivity contribution in [3.8, 4) is 0 Å². The first-order chi connectivity index (χ1) is 9.86. The lowest BCUT2D eigenvalue weighted by Gasteiger charge is -2.20. The molecule has 0 radical (unpaired) electrons. The zero-order chi connectivity index (χ0) is 14.2. The average Bonchev–Trinajstić information content (AvgIpc) is 2.50. The molecule has 1 unspecified atom stereocenters. The number of nitrogens with one attached hydrogen (secondary N) is 1. The third-order valence-electron chi connectivity index (χ3n) is 3.31. The van der Waals surface area contributed by atoms with Crippen LogP contribution in [0.25, 0.3) is 10.9 Å². The van der Waals surface area contributed by atoms with Gasteiger partial charge in [-0.1, -0.05) is 38.1 Å².